The van der Waals surface area contributed by atoms with Gasteiger partial charge < -0.3 is 19.8 Å². The van der Waals surface area contributed by atoms with Gasteiger partial charge in [-0.15, -0.1) is 11.3 Å². The van der Waals surface area contributed by atoms with Gasteiger partial charge in [0.2, 0.25) is 5.91 Å². The van der Waals surface area contributed by atoms with Crippen LogP contribution in [0.4, 0.5) is 0 Å². The van der Waals surface area contributed by atoms with Gasteiger partial charge in [0.1, 0.15) is 5.75 Å². The van der Waals surface area contributed by atoms with Crippen LogP contribution in [-0.2, 0) is 9.36 Å². The van der Waals surface area contributed by atoms with Crippen molar-refractivity contribution in [3.05, 3.63) is 70.2 Å². The first-order valence-corrected chi connectivity index (χ1v) is 11.1. The van der Waals surface area contributed by atoms with E-state index in [1.807, 2.05) is 12.1 Å². The van der Waals surface area contributed by atoms with Crippen LogP contribution in [0.3, 0.4) is 0 Å². The Balaban J connectivity index is 1.90. The normalized spacial score (nSPS) is 13.0. The van der Waals surface area contributed by atoms with Crippen LogP contribution in [0, 0.1) is 0 Å². The summed E-state index contributed by atoms with van der Waals surface area (Å²) < 4.78 is 18.1. The third kappa shape index (κ3) is 4.46. The number of methoxy groups -OCH3 is 1. The molecule has 3 rings (SSSR count). The van der Waals surface area contributed by atoms with Crippen molar-refractivity contribution in [2.24, 2.45) is 0 Å². The molecule has 1 heterocycles. The molecule has 3 aromatic rings. The van der Waals surface area contributed by atoms with Crippen molar-refractivity contribution in [1.29, 1.82) is 0 Å². The average Bonchev–Trinajstić information content (AvgIpc) is 3.03. The van der Waals surface area contributed by atoms with Crippen molar-refractivity contribution in [2.45, 2.75) is 5.66 Å². The first-order chi connectivity index (χ1) is 13.3. The van der Waals surface area contributed by atoms with Gasteiger partial charge in [0, 0.05) is 21.5 Å². The second kappa shape index (κ2) is 8.47. The maximum absolute atomic E-state index is 12.6. The van der Waals surface area contributed by atoms with E-state index in [9.17, 15) is 19.1 Å². The number of hydrogen-bond acceptors (Lipinski definition) is 4. The molecule has 146 valence electrons. The Morgan fingerprint density at radius 1 is 1.29 bits per heavy atom. The van der Waals surface area contributed by atoms with Crippen LogP contribution in [-0.4, -0.2) is 22.8 Å². The van der Waals surface area contributed by atoms with E-state index in [0.717, 1.165) is 4.70 Å². The Morgan fingerprint density at radius 3 is 2.75 bits per heavy atom. The van der Waals surface area contributed by atoms with Crippen molar-refractivity contribution in [3.63, 3.8) is 0 Å². The van der Waals surface area contributed by atoms with E-state index in [-0.39, 0.29) is 5.56 Å². The number of rotatable bonds is 6. The minimum absolute atomic E-state index is 0.249. The minimum atomic E-state index is -4.77. The third-order valence-corrected chi connectivity index (χ3v) is 6.47. The molecule has 9 heteroatoms. The van der Waals surface area contributed by atoms with E-state index >= 15 is 0 Å². The zero-order valence-electron chi connectivity index (χ0n) is 14.7. The van der Waals surface area contributed by atoms with Gasteiger partial charge in [0.05, 0.1) is 7.11 Å². The number of carbonyl (C=O) groups excluding carboxylic acids is 1. The second-order valence-electron chi connectivity index (χ2n) is 5.91. The van der Waals surface area contributed by atoms with Gasteiger partial charge in [-0.2, -0.15) is 0 Å². The van der Waals surface area contributed by atoms with Gasteiger partial charge in [0.25, 0.3) is 0 Å². The first-order valence-electron chi connectivity index (χ1n) is 8.13. The fourth-order valence-electron chi connectivity index (χ4n) is 2.80. The van der Waals surface area contributed by atoms with Crippen molar-refractivity contribution in [1.82, 2.24) is 5.32 Å². The fraction of sp³-hybridized carbons (Fsp3) is 0.105. The number of para-hydroxylation sites is 1. The predicted molar refractivity (Wildman–Crippen MR) is 112 cm³/mol. The van der Waals surface area contributed by atoms with E-state index in [0.29, 0.717) is 21.7 Å². The zero-order chi connectivity index (χ0) is 20.3. The lowest BCUT2D eigenvalue weighted by Crippen LogP contribution is -2.25. The number of nitrogens with one attached hydrogen (secondary N) is 1. The molecule has 3 N–H and O–H groups in total. The summed E-state index contributed by atoms with van der Waals surface area (Å²) in [6.07, 6.45) is 2.93. The Bertz CT molecular complexity index is 1090. The quantitative estimate of drug-likeness (QED) is 0.491. The van der Waals surface area contributed by atoms with Crippen molar-refractivity contribution < 1.29 is 23.9 Å². The molecule has 28 heavy (non-hydrogen) atoms. The molecule has 0 radical (unpaired) electrons. The van der Waals surface area contributed by atoms with Gasteiger partial charge in [-0.1, -0.05) is 29.8 Å². The monoisotopic (exact) mass is 437 g/mol. The molecule has 0 aliphatic carbocycles. The lowest BCUT2D eigenvalue weighted by Gasteiger charge is -2.17. The summed E-state index contributed by atoms with van der Waals surface area (Å²) in [5.41, 5.74) is -0.674. The van der Waals surface area contributed by atoms with E-state index in [1.54, 1.807) is 41.8 Å². The van der Waals surface area contributed by atoms with Crippen LogP contribution >= 0.6 is 30.5 Å². The number of fused-ring (bicyclic) bond motifs is 1. The third-order valence-electron chi connectivity index (χ3n) is 4.07. The van der Waals surface area contributed by atoms with Crippen LogP contribution < -0.4 is 10.1 Å². The zero-order valence-corrected chi connectivity index (χ0v) is 17.2. The molecule has 0 bridgehead atoms. The maximum Gasteiger partial charge on any atom is 0.342 e. The molecule has 2 aromatic carbocycles. The van der Waals surface area contributed by atoms with E-state index in [2.05, 4.69) is 5.32 Å². The number of benzene rings is 2. The summed E-state index contributed by atoms with van der Waals surface area (Å²) in [6.45, 7) is 0. The fourth-order valence-corrected chi connectivity index (χ4v) is 5.00. The van der Waals surface area contributed by atoms with Gasteiger partial charge in [-0.25, -0.2) is 0 Å². The number of halogens is 1. The maximum atomic E-state index is 12.6. The molecule has 0 aliphatic heterocycles. The number of hydrogen-bond donors (Lipinski definition) is 3. The highest BCUT2D eigenvalue weighted by molar-refractivity contribution is 7.53. The standard InChI is InChI=1S/C19H17ClNO5PS/c1-26-16-5-3-2-4-12(16)8-9-21-19(22)18(27(23,24)25)15-11-28-17-7-6-13(20)10-14(15)17/h2-11,18H,1H3,(H,21,22)(H2,23,24,25). The number of amides is 1. The average molecular weight is 438 g/mol. The first kappa shape index (κ1) is 20.6. The Hall–Kier alpha value is -2.15. The topological polar surface area (TPSA) is 95.9 Å². The van der Waals surface area contributed by atoms with Crippen molar-refractivity contribution in [3.8, 4) is 5.75 Å². The second-order valence-corrected chi connectivity index (χ2v) is 8.95. The minimum Gasteiger partial charge on any atom is -0.496 e. The lowest BCUT2D eigenvalue weighted by atomic mass is 10.1. The highest BCUT2D eigenvalue weighted by Crippen LogP contribution is 2.54. The number of carbonyl (C=O) groups is 1. The van der Waals surface area contributed by atoms with Crippen LogP contribution in [0.15, 0.2) is 54.0 Å². The van der Waals surface area contributed by atoms with Crippen LogP contribution in [0.5, 0.6) is 5.75 Å². The molecule has 0 aliphatic rings. The molecule has 1 atom stereocenters. The Kier molecular flexibility index (Phi) is 6.23. The number of thiophene rings is 1. The summed E-state index contributed by atoms with van der Waals surface area (Å²) in [5.74, 6) is -0.197. The van der Waals surface area contributed by atoms with Gasteiger partial charge in [-0.05, 0) is 46.7 Å². The smallest absolute Gasteiger partial charge is 0.342 e. The largest absolute Gasteiger partial charge is 0.496 e. The lowest BCUT2D eigenvalue weighted by molar-refractivity contribution is -0.120. The predicted octanol–water partition coefficient (Wildman–Crippen LogP) is 4.57. The molecule has 0 saturated carbocycles. The van der Waals surface area contributed by atoms with Crippen LogP contribution in [0.25, 0.3) is 16.2 Å². The molecule has 1 aromatic heterocycles. The van der Waals surface area contributed by atoms with Gasteiger partial charge in [-0.3, -0.25) is 9.36 Å². The number of ether oxygens (including phenoxy) is 1. The summed E-state index contributed by atoms with van der Waals surface area (Å²) >= 11 is 7.31. The highest BCUT2D eigenvalue weighted by atomic mass is 35.5. The van der Waals surface area contributed by atoms with E-state index < -0.39 is 19.2 Å². The van der Waals surface area contributed by atoms with Crippen molar-refractivity contribution >= 4 is 52.6 Å². The Morgan fingerprint density at radius 2 is 2.04 bits per heavy atom. The Labute approximate surface area is 170 Å². The molecular formula is C19H17ClNO5PS. The highest BCUT2D eigenvalue weighted by Gasteiger charge is 2.38. The molecule has 1 unspecified atom stereocenters. The summed E-state index contributed by atoms with van der Waals surface area (Å²) in [7, 11) is -3.25. The molecule has 0 saturated heterocycles. The molecule has 0 fully saturated rings. The summed E-state index contributed by atoms with van der Waals surface area (Å²) in [4.78, 5) is 32.3. The van der Waals surface area contributed by atoms with E-state index in [4.69, 9.17) is 16.3 Å². The summed E-state index contributed by atoms with van der Waals surface area (Å²) in [6, 6.07) is 12.2. The van der Waals surface area contributed by atoms with Crippen molar-refractivity contribution in [2.75, 3.05) is 7.11 Å². The SMILES string of the molecule is COc1ccccc1C=CNC(=O)C(c1csc2ccc(Cl)cc12)P(=O)(O)O. The van der Waals surface area contributed by atoms with Crippen LogP contribution in [0.2, 0.25) is 5.02 Å². The van der Waals surface area contributed by atoms with Gasteiger partial charge >= 0.3 is 7.60 Å². The van der Waals surface area contributed by atoms with E-state index in [1.165, 1.54) is 24.6 Å². The van der Waals surface area contributed by atoms with Gasteiger partial charge in [0.15, 0.2) is 5.66 Å². The molecule has 6 nitrogen and oxygen atoms in total. The molecule has 1 amide bonds. The molecular weight excluding hydrogens is 421 g/mol. The van der Waals surface area contributed by atoms with Crippen LogP contribution in [0.1, 0.15) is 16.8 Å². The summed E-state index contributed by atoms with van der Waals surface area (Å²) in [5, 5.41) is 5.01. The molecule has 0 spiro atoms.